The van der Waals surface area contributed by atoms with Gasteiger partial charge in [0.2, 0.25) is 0 Å². The lowest BCUT2D eigenvalue weighted by molar-refractivity contribution is -0.105. The molecule has 76 valence electrons. The summed E-state index contributed by atoms with van der Waals surface area (Å²) in [6.07, 6.45) is -1.35. The minimum atomic E-state index is -0.999. The Bertz CT molecular complexity index is 197. The molecule has 0 unspecified atom stereocenters. The van der Waals surface area contributed by atoms with E-state index in [9.17, 15) is 4.79 Å². The molecule has 1 amide bonds. The molecular formula is C8H15NO4. The van der Waals surface area contributed by atoms with Gasteiger partial charge in [-0.25, -0.2) is 4.79 Å². The van der Waals surface area contributed by atoms with Crippen LogP contribution in [0.2, 0.25) is 0 Å². The van der Waals surface area contributed by atoms with Crippen LogP contribution in [-0.4, -0.2) is 52.6 Å². The topological polar surface area (TPSA) is 70.0 Å². The molecule has 0 aromatic rings. The van der Waals surface area contributed by atoms with Gasteiger partial charge in [0, 0.05) is 0 Å². The molecule has 3 atom stereocenters. The molecule has 1 aliphatic heterocycles. The average Bonchev–Trinajstić information content (AvgIpc) is 2.02. The van der Waals surface area contributed by atoms with Gasteiger partial charge in [-0.15, -0.1) is 0 Å². The van der Waals surface area contributed by atoms with Crippen molar-refractivity contribution in [3.8, 4) is 0 Å². The first kappa shape index (κ1) is 10.3. The summed E-state index contributed by atoms with van der Waals surface area (Å²) >= 11 is 0. The molecule has 13 heavy (non-hydrogen) atoms. The molecular weight excluding hydrogens is 174 g/mol. The summed E-state index contributed by atoms with van der Waals surface area (Å²) in [6, 6.07) is -0.436. The molecule has 1 aliphatic rings. The number of rotatable bonds is 1. The number of amides is 1. The summed E-state index contributed by atoms with van der Waals surface area (Å²) in [5.41, 5.74) is 0. The Morgan fingerprint density at radius 2 is 2.23 bits per heavy atom. The van der Waals surface area contributed by atoms with Crippen LogP contribution >= 0.6 is 0 Å². The Morgan fingerprint density at radius 3 is 2.69 bits per heavy atom. The number of carbonyl (C=O) groups is 1. The van der Waals surface area contributed by atoms with Crippen molar-refractivity contribution in [3.05, 3.63) is 0 Å². The second kappa shape index (κ2) is 3.93. The van der Waals surface area contributed by atoms with Crippen LogP contribution in [0.1, 0.15) is 13.8 Å². The summed E-state index contributed by atoms with van der Waals surface area (Å²) in [5.74, 6) is 0. The lowest BCUT2D eigenvalue weighted by Crippen LogP contribution is -2.56. The Morgan fingerprint density at radius 1 is 1.62 bits per heavy atom. The number of aliphatic hydroxyl groups is 1. The fraction of sp³-hybridized carbons (Fsp3) is 0.875. The van der Waals surface area contributed by atoms with E-state index in [0.29, 0.717) is 6.54 Å². The summed E-state index contributed by atoms with van der Waals surface area (Å²) in [7, 11) is 0. The van der Waals surface area contributed by atoms with Gasteiger partial charge in [0.25, 0.3) is 0 Å². The standard InChI is InChI=1S/C8H15NO4/c1-5-3-9(8(11)12)7(4-10)6(2)13-5/h5-7,10H,3-4H2,1-2H3,(H,11,12)/t5-,6-,7+/m0/s1. The smallest absolute Gasteiger partial charge is 0.407 e. The van der Waals surface area contributed by atoms with Crippen LogP contribution in [0.25, 0.3) is 0 Å². The number of morpholine rings is 1. The number of hydrogen-bond acceptors (Lipinski definition) is 3. The predicted molar refractivity (Wildman–Crippen MR) is 45.6 cm³/mol. The van der Waals surface area contributed by atoms with Crippen LogP contribution in [0.15, 0.2) is 0 Å². The highest BCUT2D eigenvalue weighted by Crippen LogP contribution is 2.17. The highest BCUT2D eigenvalue weighted by molar-refractivity contribution is 5.65. The van der Waals surface area contributed by atoms with Crippen molar-refractivity contribution in [2.45, 2.75) is 32.1 Å². The highest BCUT2D eigenvalue weighted by atomic mass is 16.5. The van der Waals surface area contributed by atoms with E-state index >= 15 is 0 Å². The van der Waals surface area contributed by atoms with E-state index in [1.165, 1.54) is 4.90 Å². The van der Waals surface area contributed by atoms with Crippen LogP contribution in [-0.2, 0) is 4.74 Å². The van der Waals surface area contributed by atoms with Crippen LogP contribution in [0.4, 0.5) is 4.79 Å². The Labute approximate surface area is 76.9 Å². The molecule has 0 spiro atoms. The number of carboxylic acid groups (broad SMARTS) is 1. The monoisotopic (exact) mass is 189 g/mol. The molecule has 0 aromatic carbocycles. The third-order valence-corrected chi connectivity index (χ3v) is 2.28. The minimum Gasteiger partial charge on any atom is -0.465 e. The van der Waals surface area contributed by atoms with E-state index in [4.69, 9.17) is 14.9 Å². The molecule has 2 N–H and O–H groups in total. The van der Waals surface area contributed by atoms with E-state index in [0.717, 1.165) is 0 Å². The van der Waals surface area contributed by atoms with Crippen LogP contribution in [0, 0.1) is 0 Å². The normalized spacial score (nSPS) is 34.7. The molecule has 1 saturated heterocycles. The zero-order valence-corrected chi connectivity index (χ0v) is 7.80. The second-order valence-corrected chi connectivity index (χ2v) is 3.34. The SMILES string of the molecule is C[C@@H]1O[C@@H](C)CN(C(=O)O)[C@@H]1CO. The Hall–Kier alpha value is -0.810. The molecule has 0 aliphatic carbocycles. The lowest BCUT2D eigenvalue weighted by atomic mass is 10.1. The van der Waals surface area contributed by atoms with Gasteiger partial charge in [-0.05, 0) is 13.8 Å². The molecule has 1 fully saturated rings. The van der Waals surface area contributed by atoms with E-state index in [-0.39, 0.29) is 18.8 Å². The van der Waals surface area contributed by atoms with Gasteiger partial charge in [-0.2, -0.15) is 0 Å². The van der Waals surface area contributed by atoms with Crippen LogP contribution < -0.4 is 0 Å². The van der Waals surface area contributed by atoms with Gasteiger partial charge in [0.05, 0.1) is 31.4 Å². The van der Waals surface area contributed by atoms with Gasteiger partial charge >= 0.3 is 6.09 Å². The Kier molecular flexibility index (Phi) is 3.11. The van der Waals surface area contributed by atoms with Crippen molar-refractivity contribution in [3.63, 3.8) is 0 Å². The zero-order valence-electron chi connectivity index (χ0n) is 7.80. The van der Waals surface area contributed by atoms with Gasteiger partial charge in [0.1, 0.15) is 0 Å². The van der Waals surface area contributed by atoms with E-state index in [1.807, 2.05) is 6.92 Å². The molecule has 1 rings (SSSR count). The lowest BCUT2D eigenvalue weighted by Gasteiger charge is -2.40. The molecule has 0 radical (unpaired) electrons. The first-order valence-electron chi connectivity index (χ1n) is 4.32. The zero-order chi connectivity index (χ0) is 10.0. The van der Waals surface area contributed by atoms with E-state index < -0.39 is 12.1 Å². The maximum atomic E-state index is 10.8. The van der Waals surface area contributed by atoms with Crippen molar-refractivity contribution in [2.24, 2.45) is 0 Å². The average molecular weight is 189 g/mol. The summed E-state index contributed by atoms with van der Waals surface area (Å²) in [6.45, 7) is 3.72. The fourth-order valence-corrected chi connectivity index (χ4v) is 1.63. The number of nitrogens with zero attached hydrogens (tertiary/aromatic N) is 1. The van der Waals surface area contributed by atoms with Crippen molar-refractivity contribution < 1.29 is 19.7 Å². The van der Waals surface area contributed by atoms with Crippen LogP contribution in [0.3, 0.4) is 0 Å². The summed E-state index contributed by atoms with van der Waals surface area (Å²) < 4.78 is 5.41. The third-order valence-electron chi connectivity index (χ3n) is 2.28. The predicted octanol–water partition coefficient (Wildman–Crippen LogP) is 0.134. The van der Waals surface area contributed by atoms with Gasteiger partial charge in [-0.1, -0.05) is 0 Å². The minimum absolute atomic E-state index is 0.103. The third kappa shape index (κ3) is 2.10. The number of hydrogen-bond donors (Lipinski definition) is 2. The molecule has 1 heterocycles. The highest BCUT2D eigenvalue weighted by Gasteiger charge is 2.34. The molecule has 0 bridgehead atoms. The molecule has 0 saturated carbocycles. The maximum absolute atomic E-state index is 10.8. The van der Waals surface area contributed by atoms with Crippen molar-refractivity contribution in [2.75, 3.05) is 13.2 Å². The summed E-state index contributed by atoms with van der Waals surface area (Å²) in [4.78, 5) is 12.0. The van der Waals surface area contributed by atoms with Gasteiger partial charge in [0.15, 0.2) is 0 Å². The van der Waals surface area contributed by atoms with E-state index in [2.05, 4.69) is 0 Å². The van der Waals surface area contributed by atoms with Gasteiger partial charge < -0.3 is 14.9 Å². The van der Waals surface area contributed by atoms with Crippen molar-refractivity contribution in [1.82, 2.24) is 4.90 Å². The van der Waals surface area contributed by atoms with E-state index in [1.54, 1.807) is 6.92 Å². The van der Waals surface area contributed by atoms with Crippen molar-refractivity contribution >= 4 is 6.09 Å². The second-order valence-electron chi connectivity index (χ2n) is 3.34. The Balaban J connectivity index is 2.71. The summed E-state index contributed by atoms with van der Waals surface area (Å²) in [5, 5.41) is 17.8. The van der Waals surface area contributed by atoms with Crippen molar-refractivity contribution in [1.29, 1.82) is 0 Å². The maximum Gasteiger partial charge on any atom is 0.407 e. The quantitative estimate of drug-likeness (QED) is 0.615. The first-order chi connectivity index (χ1) is 6.06. The molecule has 5 nitrogen and oxygen atoms in total. The number of aliphatic hydroxyl groups excluding tert-OH is 1. The largest absolute Gasteiger partial charge is 0.465 e. The first-order valence-corrected chi connectivity index (χ1v) is 4.32. The molecule has 5 heteroatoms. The number of ether oxygens (including phenoxy) is 1. The van der Waals surface area contributed by atoms with Crippen LogP contribution in [0.5, 0.6) is 0 Å². The molecule has 0 aromatic heterocycles. The van der Waals surface area contributed by atoms with Gasteiger partial charge in [-0.3, -0.25) is 4.90 Å². The fourth-order valence-electron chi connectivity index (χ4n) is 1.63.